The number of nitrogens with zero attached hydrogens (tertiary/aromatic N) is 1. The van der Waals surface area contributed by atoms with Crippen LogP contribution in [0.3, 0.4) is 0 Å². The van der Waals surface area contributed by atoms with E-state index in [1.54, 1.807) is 0 Å². The summed E-state index contributed by atoms with van der Waals surface area (Å²) in [4.78, 5) is 0. The van der Waals surface area contributed by atoms with Crippen LogP contribution in [-0.2, 0) is 0 Å². The summed E-state index contributed by atoms with van der Waals surface area (Å²) in [6, 6.07) is 1.81. The predicted octanol–water partition coefficient (Wildman–Crippen LogP) is 1.62. The van der Waals surface area contributed by atoms with Crippen molar-refractivity contribution >= 4 is 0 Å². The van der Waals surface area contributed by atoms with Crippen LogP contribution in [0.15, 0.2) is 12.2 Å². The number of hydrogen-bond acceptors (Lipinski definition) is 2. The van der Waals surface area contributed by atoms with E-state index in [1.807, 2.05) is 13.0 Å². The normalized spacial score (nSPS) is 15.4. The molecular weight excluding hydrogens is 126 g/mol. The Labute approximate surface area is 61.8 Å². The van der Waals surface area contributed by atoms with Gasteiger partial charge in [0.15, 0.2) is 0 Å². The second kappa shape index (κ2) is 3.38. The molecule has 0 heterocycles. The first-order chi connectivity index (χ1) is 4.48. The van der Waals surface area contributed by atoms with Crippen LogP contribution in [0, 0.1) is 11.3 Å². The van der Waals surface area contributed by atoms with Crippen molar-refractivity contribution in [3.05, 3.63) is 12.2 Å². The zero-order valence-corrected chi connectivity index (χ0v) is 6.52. The van der Waals surface area contributed by atoms with Gasteiger partial charge in [-0.2, -0.15) is 5.26 Å². The van der Waals surface area contributed by atoms with Crippen molar-refractivity contribution in [3.63, 3.8) is 0 Å². The molecule has 0 amide bonds. The zero-order chi connectivity index (χ0) is 8.20. The molecule has 1 unspecified atom stereocenters. The van der Waals surface area contributed by atoms with Crippen molar-refractivity contribution in [2.75, 3.05) is 0 Å². The lowest BCUT2D eigenvalue weighted by molar-refractivity contribution is 0.110. The molecule has 0 bridgehead atoms. The van der Waals surface area contributed by atoms with Crippen molar-refractivity contribution in [3.8, 4) is 6.07 Å². The molecule has 0 aliphatic carbocycles. The quantitative estimate of drug-likeness (QED) is 0.477. The Morgan fingerprint density at radius 1 is 1.80 bits per heavy atom. The van der Waals surface area contributed by atoms with Crippen LogP contribution in [-0.4, -0.2) is 10.7 Å². The van der Waals surface area contributed by atoms with Crippen molar-refractivity contribution in [1.29, 1.82) is 5.26 Å². The molecular formula is C8H13NO. The van der Waals surface area contributed by atoms with Crippen LogP contribution < -0.4 is 0 Å². The van der Waals surface area contributed by atoms with Gasteiger partial charge in [-0.1, -0.05) is 5.57 Å². The first kappa shape index (κ1) is 9.19. The van der Waals surface area contributed by atoms with Crippen LogP contribution in [0.4, 0.5) is 0 Å². The smallest absolute Gasteiger partial charge is 0.148 e. The Bertz CT molecular complexity index is 165. The summed E-state index contributed by atoms with van der Waals surface area (Å²) >= 11 is 0. The van der Waals surface area contributed by atoms with Crippen molar-refractivity contribution in [1.82, 2.24) is 0 Å². The van der Waals surface area contributed by atoms with Crippen molar-refractivity contribution in [2.45, 2.75) is 32.3 Å². The minimum absolute atomic E-state index is 0.471. The van der Waals surface area contributed by atoms with Gasteiger partial charge in [-0.05, 0) is 26.7 Å². The van der Waals surface area contributed by atoms with Gasteiger partial charge in [0.1, 0.15) is 5.60 Å². The SMILES string of the molecule is C=C(C)CCC(C)(O)C#N. The fourth-order valence-electron chi connectivity index (χ4n) is 0.513. The minimum Gasteiger partial charge on any atom is -0.376 e. The highest BCUT2D eigenvalue weighted by Crippen LogP contribution is 2.13. The highest BCUT2D eigenvalue weighted by Gasteiger charge is 2.17. The van der Waals surface area contributed by atoms with Crippen LogP contribution in [0.2, 0.25) is 0 Å². The van der Waals surface area contributed by atoms with E-state index in [2.05, 4.69) is 6.58 Å². The second-order valence-corrected chi connectivity index (χ2v) is 2.84. The Hall–Kier alpha value is -0.810. The molecule has 0 saturated carbocycles. The zero-order valence-electron chi connectivity index (χ0n) is 6.52. The fraction of sp³-hybridized carbons (Fsp3) is 0.625. The number of allylic oxidation sites excluding steroid dienone is 1. The summed E-state index contributed by atoms with van der Waals surface area (Å²) in [6.07, 6.45) is 1.18. The van der Waals surface area contributed by atoms with Gasteiger partial charge >= 0.3 is 0 Å². The van der Waals surface area contributed by atoms with E-state index in [-0.39, 0.29) is 0 Å². The van der Waals surface area contributed by atoms with Crippen molar-refractivity contribution in [2.24, 2.45) is 0 Å². The molecule has 1 N–H and O–H groups in total. The molecule has 0 aliphatic rings. The fourth-order valence-corrected chi connectivity index (χ4v) is 0.513. The van der Waals surface area contributed by atoms with Gasteiger partial charge in [0.05, 0.1) is 6.07 Å². The lowest BCUT2D eigenvalue weighted by Gasteiger charge is -2.12. The number of nitriles is 1. The van der Waals surface area contributed by atoms with Gasteiger partial charge in [-0.15, -0.1) is 6.58 Å². The van der Waals surface area contributed by atoms with Gasteiger partial charge in [0.25, 0.3) is 0 Å². The maximum Gasteiger partial charge on any atom is 0.148 e. The summed E-state index contributed by atoms with van der Waals surface area (Å²) in [5.74, 6) is 0. The van der Waals surface area contributed by atoms with E-state index in [1.165, 1.54) is 6.92 Å². The average molecular weight is 139 g/mol. The van der Waals surface area contributed by atoms with Crippen LogP contribution in [0.5, 0.6) is 0 Å². The monoisotopic (exact) mass is 139 g/mol. The number of rotatable bonds is 3. The molecule has 0 aromatic rings. The van der Waals surface area contributed by atoms with Crippen molar-refractivity contribution < 1.29 is 5.11 Å². The summed E-state index contributed by atoms with van der Waals surface area (Å²) in [5.41, 5.74) is -0.186. The third-order valence-corrected chi connectivity index (χ3v) is 1.28. The standard InChI is InChI=1S/C8H13NO/c1-7(2)4-5-8(3,10)6-9/h10H,1,4-5H2,2-3H3. The maximum absolute atomic E-state index is 9.17. The number of aliphatic hydroxyl groups is 1. The highest BCUT2D eigenvalue weighted by atomic mass is 16.3. The molecule has 2 heteroatoms. The van der Waals surface area contributed by atoms with Gasteiger partial charge in [-0.25, -0.2) is 0 Å². The average Bonchev–Trinajstić information content (AvgIpc) is 1.85. The van der Waals surface area contributed by atoms with E-state index in [4.69, 9.17) is 10.4 Å². The van der Waals surface area contributed by atoms with E-state index >= 15 is 0 Å². The largest absolute Gasteiger partial charge is 0.376 e. The highest BCUT2D eigenvalue weighted by molar-refractivity contribution is 5.00. The molecule has 0 aromatic heterocycles. The predicted molar refractivity (Wildman–Crippen MR) is 40.3 cm³/mol. The van der Waals surface area contributed by atoms with Gasteiger partial charge < -0.3 is 5.11 Å². The van der Waals surface area contributed by atoms with E-state index in [0.717, 1.165) is 5.57 Å². The molecule has 0 rings (SSSR count). The molecule has 0 saturated heterocycles. The summed E-state index contributed by atoms with van der Waals surface area (Å²) in [5, 5.41) is 17.5. The minimum atomic E-state index is -1.18. The van der Waals surface area contributed by atoms with Crippen LogP contribution in [0.25, 0.3) is 0 Å². The third-order valence-electron chi connectivity index (χ3n) is 1.28. The lowest BCUT2D eigenvalue weighted by atomic mass is 10.00. The first-order valence-corrected chi connectivity index (χ1v) is 3.26. The second-order valence-electron chi connectivity index (χ2n) is 2.84. The van der Waals surface area contributed by atoms with Gasteiger partial charge in [-0.3, -0.25) is 0 Å². The van der Waals surface area contributed by atoms with Crippen LogP contribution in [0.1, 0.15) is 26.7 Å². The molecule has 1 atom stereocenters. The molecule has 2 nitrogen and oxygen atoms in total. The Morgan fingerprint density at radius 3 is 2.60 bits per heavy atom. The third kappa shape index (κ3) is 4.11. The van der Waals surface area contributed by atoms with Crippen LogP contribution >= 0.6 is 0 Å². The van der Waals surface area contributed by atoms with Gasteiger partial charge in [0.2, 0.25) is 0 Å². The van der Waals surface area contributed by atoms with E-state index in [9.17, 15) is 0 Å². The topological polar surface area (TPSA) is 44.0 Å². The molecule has 10 heavy (non-hydrogen) atoms. The molecule has 56 valence electrons. The first-order valence-electron chi connectivity index (χ1n) is 3.26. The summed E-state index contributed by atoms with van der Waals surface area (Å²) < 4.78 is 0. The Balaban J connectivity index is 3.71. The summed E-state index contributed by atoms with van der Waals surface area (Å²) in [6.45, 7) is 7.06. The molecule has 0 fully saturated rings. The maximum atomic E-state index is 9.17. The molecule has 0 aromatic carbocycles. The molecule has 0 aliphatic heterocycles. The van der Waals surface area contributed by atoms with Gasteiger partial charge in [0, 0.05) is 0 Å². The van der Waals surface area contributed by atoms with E-state index in [0.29, 0.717) is 12.8 Å². The molecule has 0 spiro atoms. The summed E-state index contributed by atoms with van der Waals surface area (Å²) in [7, 11) is 0. The Morgan fingerprint density at radius 2 is 2.30 bits per heavy atom. The molecule has 0 radical (unpaired) electrons. The Kier molecular flexibility index (Phi) is 3.11. The number of hydrogen-bond donors (Lipinski definition) is 1. The lowest BCUT2D eigenvalue weighted by Crippen LogP contribution is -2.20. The van der Waals surface area contributed by atoms with E-state index < -0.39 is 5.60 Å².